The average Bonchev–Trinajstić information content (AvgIpc) is 3.47. The zero-order valence-electron chi connectivity index (χ0n) is 21.2. The van der Waals surface area contributed by atoms with Gasteiger partial charge in [-0.3, -0.25) is 18.6 Å². The summed E-state index contributed by atoms with van der Waals surface area (Å²) >= 11 is 5.48. The van der Waals surface area contributed by atoms with Gasteiger partial charge in [0.15, 0.2) is 17.7 Å². The summed E-state index contributed by atoms with van der Waals surface area (Å²) in [6.45, 7) is 0.948. The molecule has 4 N–H and O–H groups in total. The minimum absolute atomic E-state index is 0.0444. The van der Waals surface area contributed by atoms with Gasteiger partial charge in [0.1, 0.15) is 35.4 Å². The predicted molar refractivity (Wildman–Crippen MR) is 147 cm³/mol. The second kappa shape index (κ2) is 10.2. The van der Waals surface area contributed by atoms with Crippen molar-refractivity contribution in [3.05, 3.63) is 66.5 Å². The summed E-state index contributed by atoms with van der Waals surface area (Å²) in [6, 6.07) is 1.84. The van der Waals surface area contributed by atoms with E-state index in [9.17, 15) is 14.8 Å². The summed E-state index contributed by atoms with van der Waals surface area (Å²) in [5.41, 5.74) is 6.95. The molecule has 1 saturated heterocycles. The van der Waals surface area contributed by atoms with Crippen molar-refractivity contribution in [2.45, 2.75) is 37.4 Å². The molecule has 3 aliphatic rings. The van der Waals surface area contributed by atoms with Crippen LogP contribution in [0.15, 0.2) is 55.4 Å². The molecule has 0 bridgehead atoms. The number of hydrogen-bond donors (Lipinski definition) is 3. The molecule has 0 aromatic carbocycles. The molecular weight excluding hydrogens is 559 g/mol. The molecule has 5 atom stereocenters. The first-order chi connectivity index (χ1) is 19.2. The number of aliphatic hydroxyl groups excluding tert-OH is 1. The van der Waals surface area contributed by atoms with Gasteiger partial charge in [0.25, 0.3) is 0 Å². The highest BCUT2D eigenvalue weighted by Gasteiger charge is 2.54. The first-order valence-electron chi connectivity index (χ1n) is 12.3. The molecule has 0 saturated carbocycles. The Morgan fingerprint density at radius 1 is 1.30 bits per heavy atom. The number of aromatic nitrogens is 5. The number of thiocarbonyl (C=S) groups is 1. The van der Waals surface area contributed by atoms with Crippen molar-refractivity contribution in [1.29, 1.82) is 0 Å². The maximum absolute atomic E-state index is 13.4. The normalized spacial score (nSPS) is 30.3. The predicted octanol–water partition coefficient (Wildman–Crippen LogP) is 2.74. The third-order valence-corrected chi connectivity index (χ3v) is 8.58. The van der Waals surface area contributed by atoms with E-state index >= 15 is 0 Å². The van der Waals surface area contributed by atoms with Gasteiger partial charge >= 0.3 is 7.82 Å². The number of phosphoric acid groups is 1. The van der Waals surface area contributed by atoms with Crippen LogP contribution in [-0.2, 0) is 22.9 Å². The van der Waals surface area contributed by atoms with Crippen LogP contribution in [0.3, 0.4) is 0 Å². The molecule has 0 radical (unpaired) electrons. The third-order valence-electron chi connectivity index (χ3n) is 6.84. The summed E-state index contributed by atoms with van der Waals surface area (Å²) < 4.78 is 37.3. The quantitative estimate of drug-likeness (QED) is 0.285. The number of rotatable bonds is 6. The number of nitrogens with two attached hydrogens (primary N) is 1. The van der Waals surface area contributed by atoms with E-state index in [1.165, 1.54) is 24.1 Å². The van der Waals surface area contributed by atoms with E-state index in [4.69, 9.17) is 36.3 Å². The van der Waals surface area contributed by atoms with Gasteiger partial charge in [0.05, 0.1) is 19.5 Å². The summed E-state index contributed by atoms with van der Waals surface area (Å²) in [5.74, 6) is 0.424. The van der Waals surface area contributed by atoms with E-state index in [1.807, 2.05) is 24.3 Å². The standard InChI is InChI=1S/C25H25N6O7PS/c1-25(33)21(32)18(37-24(25)31-13-30-20-22(26)28-12-29-23(20)31)11-36-39(34)35-7-6-17(38-39)15-8-14(9-27-10-15)16-4-2-3-5-19(16)40/h2-4,6,8-10,12-13,18,21,24,32-33H,5,7,11H2,1H3,(H2,26,28,29)/t18-,21-,24-,25-,39?/m1/s1. The Balaban J connectivity index is 1.17. The SMILES string of the molecule is C[C@@]1(O)[C@H](O)[C@@H](COP2(=O)OCC=C(c3cncc(C4=CC=CCC4=S)c3)O2)O[C@H]1n1cnc2c(N)ncnc21. The number of aliphatic hydroxyl groups is 2. The Kier molecular flexibility index (Phi) is 6.87. The van der Waals surface area contributed by atoms with Crippen LogP contribution in [0.2, 0.25) is 0 Å². The number of nitrogens with zero attached hydrogens (tertiary/aromatic N) is 5. The number of fused-ring (bicyclic) bond motifs is 1. The molecule has 1 fully saturated rings. The first-order valence-corrected chi connectivity index (χ1v) is 14.2. The van der Waals surface area contributed by atoms with Crippen LogP contribution in [0.4, 0.5) is 5.82 Å². The number of ether oxygens (including phenoxy) is 1. The third kappa shape index (κ3) is 4.77. The summed E-state index contributed by atoms with van der Waals surface area (Å²) in [6.07, 6.45) is 10.4. The molecule has 0 amide bonds. The highest BCUT2D eigenvalue weighted by Crippen LogP contribution is 2.56. The van der Waals surface area contributed by atoms with E-state index in [0.717, 1.165) is 16.0 Å². The van der Waals surface area contributed by atoms with Crippen molar-refractivity contribution < 1.29 is 33.1 Å². The molecule has 5 heterocycles. The molecule has 1 aliphatic carbocycles. The monoisotopic (exact) mass is 584 g/mol. The molecule has 6 rings (SSSR count). The fourth-order valence-electron chi connectivity index (χ4n) is 4.73. The maximum atomic E-state index is 13.4. The number of phosphoric ester groups is 1. The Hall–Kier alpha value is -3.36. The molecular formula is C25H25N6O7PS. The molecule has 2 aliphatic heterocycles. The highest BCUT2D eigenvalue weighted by molar-refractivity contribution is 7.81. The second-order valence-electron chi connectivity index (χ2n) is 9.58. The van der Waals surface area contributed by atoms with Crippen molar-refractivity contribution in [3.8, 4) is 0 Å². The van der Waals surface area contributed by atoms with E-state index < -0.39 is 38.5 Å². The van der Waals surface area contributed by atoms with Crippen molar-refractivity contribution in [2.75, 3.05) is 18.9 Å². The van der Waals surface area contributed by atoms with Crippen LogP contribution in [0.1, 0.15) is 30.7 Å². The number of hydrogen-bond acceptors (Lipinski definition) is 13. The fourth-order valence-corrected chi connectivity index (χ4v) is 6.20. The lowest BCUT2D eigenvalue weighted by Gasteiger charge is -2.27. The molecule has 1 unspecified atom stereocenters. The van der Waals surface area contributed by atoms with Crippen LogP contribution in [0.25, 0.3) is 22.5 Å². The number of imidazole rings is 1. The van der Waals surface area contributed by atoms with E-state index in [0.29, 0.717) is 23.1 Å². The molecule has 40 heavy (non-hydrogen) atoms. The largest absolute Gasteiger partial charge is 0.530 e. The summed E-state index contributed by atoms with van der Waals surface area (Å²) in [4.78, 5) is 17.3. The summed E-state index contributed by atoms with van der Waals surface area (Å²) in [7, 11) is -4.12. The topological polar surface area (TPSA) is 177 Å². The van der Waals surface area contributed by atoms with Gasteiger partial charge in [-0.2, -0.15) is 0 Å². The molecule has 13 nitrogen and oxygen atoms in total. The smallest absolute Gasteiger partial charge is 0.404 e. The van der Waals surface area contributed by atoms with Crippen LogP contribution in [0.5, 0.6) is 0 Å². The van der Waals surface area contributed by atoms with Gasteiger partial charge in [0.2, 0.25) is 0 Å². The molecule has 0 spiro atoms. The minimum atomic E-state index is -4.12. The van der Waals surface area contributed by atoms with Gasteiger partial charge in [-0.1, -0.05) is 30.4 Å². The highest BCUT2D eigenvalue weighted by atomic mass is 32.1. The van der Waals surface area contributed by atoms with Gasteiger partial charge in [0, 0.05) is 34.8 Å². The minimum Gasteiger partial charge on any atom is -0.404 e. The lowest BCUT2D eigenvalue weighted by molar-refractivity contribution is -0.0950. The van der Waals surface area contributed by atoms with Gasteiger partial charge in [-0.25, -0.2) is 19.5 Å². The Morgan fingerprint density at radius 3 is 2.95 bits per heavy atom. The lowest BCUT2D eigenvalue weighted by Crippen LogP contribution is -2.44. The van der Waals surface area contributed by atoms with Crippen molar-refractivity contribution in [3.63, 3.8) is 0 Å². The second-order valence-corrected chi connectivity index (χ2v) is 11.7. The number of allylic oxidation sites excluding steroid dienone is 4. The maximum Gasteiger partial charge on any atom is 0.530 e. The molecule has 3 aromatic heterocycles. The Morgan fingerprint density at radius 2 is 2.12 bits per heavy atom. The molecule has 3 aromatic rings. The summed E-state index contributed by atoms with van der Waals surface area (Å²) in [5, 5.41) is 22.0. The molecule has 208 valence electrons. The van der Waals surface area contributed by atoms with Crippen LogP contribution >= 0.6 is 20.0 Å². The molecule has 15 heteroatoms. The van der Waals surface area contributed by atoms with E-state index in [-0.39, 0.29) is 18.2 Å². The first kappa shape index (κ1) is 26.8. The lowest BCUT2D eigenvalue weighted by atomic mass is 9.96. The Labute approximate surface area is 233 Å². The van der Waals surface area contributed by atoms with Crippen molar-refractivity contribution in [2.24, 2.45) is 0 Å². The van der Waals surface area contributed by atoms with Crippen LogP contribution < -0.4 is 5.73 Å². The zero-order valence-corrected chi connectivity index (χ0v) is 22.9. The zero-order chi connectivity index (χ0) is 28.1. The average molecular weight is 585 g/mol. The van der Waals surface area contributed by atoms with Crippen molar-refractivity contribution >= 4 is 53.2 Å². The van der Waals surface area contributed by atoms with Crippen LogP contribution in [-0.4, -0.2) is 70.6 Å². The van der Waals surface area contributed by atoms with Crippen LogP contribution in [0, 0.1) is 0 Å². The van der Waals surface area contributed by atoms with Gasteiger partial charge in [-0.15, -0.1) is 0 Å². The Bertz CT molecular complexity index is 1640. The number of pyridine rings is 1. The fraction of sp³-hybridized carbons (Fsp3) is 0.320. The number of nitrogen functional groups attached to an aromatic ring is 1. The van der Waals surface area contributed by atoms with Gasteiger partial charge < -0.3 is 25.2 Å². The van der Waals surface area contributed by atoms with Crippen molar-refractivity contribution in [1.82, 2.24) is 24.5 Å². The van der Waals surface area contributed by atoms with Gasteiger partial charge in [-0.05, 0) is 24.6 Å². The van der Waals surface area contributed by atoms with E-state index in [2.05, 4.69) is 19.9 Å². The van der Waals surface area contributed by atoms with E-state index in [1.54, 1.807) is 18.5 Å². The number of anilines is 1.